The quantitative estimate of drug-likeness (QED) is 0.768. The van der Waals surface area contributed by atoms with Crippen molar-refractivity contribution in [2.75, 3.05) is 26.2 Å². The molecule has 1 aliphatic carbocycles. The summed E-state index contributed by atoms with van der Waals surface area (Å²) in [6.45, 7) is 2.45. The fraction of sp³-hybridized carbons (Fsp3) is 0.500. The van der Waals surface area contributed by atoms with E-state index in [9.17, 15) is 8.42 Å². The van der Waals surface area contributed by atoms with Gasteiger partial charge in [-0.05, 0) is 6.08 Å². The fourth-order valence-electron chi connectivity index (χ4n) is 1.78. The van der Waals surface area contributed by atoms with E-state index in [4.69, 9.17) is 12.2 Å². The fourth-order valence-corrected chi connectivity index (χ4v) is 3.82. The Labute approximate surface area is 113 Å². The van der Waals surface area contributed by atoms with Crippen LogP contribution in [0.1, 0.15) is 6.42 Å². The van der Waals surface area contributed by atoms with Crippen LogP contribution in [0.4, 0.5) is 0 Å². The predicted octanol–water partition coefficient (Wildman–Crippen LogP) is 0.857. The van der Waals surface area contributed by atoms with Crippen LogP contribution in [-0.4, -0.2) is 43.8 Å². The summed E-state index contributed by atoms with van der Waals surface area (Å²) in [5.74, 6) is 0. The Hall–Kier alpha value is -0.270. The maximum absolute atomic E-state index is 12.3. The minimum Gasteiger partial charge on any atom is -0.314 e. The lowest BCUT2D eigenvalue weighted by Gasteiger charge is -2.28. The van der Waals surface area contributed by atoms with Crippen LogP contribution in [0, 0.1) is 0 Å². The average Bonchev–Trinajstić information content (AvgIpc) is 2.30. The minimum atomic E-state index is -3.37. The van der Waals surface area contributed by atoms with Gasteiger partial charge in [0, 0.05) is 37.5 Å². The highest BCUT2D eigenvalue weighted by molar-refractivity contribution is 7.96. The van der Waals surface area contributed by atoms with Crippen LogP contribution in [0.15, 0.2) is 23.1 Å². The topological polar surface area (TPSA) is 49.4 Å². The van der Waals surface area contributed by atoms with Crippen molar-refractivity contribution in [1.29, 1.82) is 0 Å². The van der Waals surface area contributed by atoms with Gasteiger partial charge in [-0.25, -0.2) is 8.42 Å². The first kappa shape index (κ1) is 14.8. The average molecular weight is 295 g/mol. The molecule has 1 aliphatic heterocycles. The van der Waals surface area contributed by atoms with Gasteiger partial charge in [0.25, 0.3) is 0 Å². The largest absolute Gasteiger partial charge is 0.314 e. The number of halogens is 1. The SMILES string of the molecule is Cl.O=S(=O)(C1=CC=CCC1=S)N1CCNCC1. The second-order valence-electron chi connectivity index (χ2n) is 3.74. The minimum absolute atomic E-state index is 0. The molecule has 2 rings (SSSR count). The van der Waals surface area contributed by atoms with Crippen molar-refractivity contribution in [2.24, 2.45) is 0 Å². The monoisotopic (exact) mass is 294 g/mol. The van der Waals surface area contributed by atoms with Crippen LogP contribution in [0.25, 0.3) is 0 Å². The van der Waals surface area contributed by atoms with Crippen LogP contribution in [0.3, 0.4) is 0 Å². The molecule has 4 nitrogen and oxygen atoms in total. The maximum atomic E-state index is 12.3. The summed E-state index contributed by atoms with van der Waals surface area (Å²) in [4.78, 5) is 0.813. The highest BCUT2D eigenvalue weighted by Crippen LogP contribution is 2.20. The van der Waals surface area contributed by atoms with E-state index in [1.165, 1.54) is 4.31 Å². The molecule has 1 fully saturated rings. The molecular weight excluding hydrogens is 280 g/mol. The lowest BCUT2D eigenvalue weighted by Crippen LogP contribution is -2.47. The van der Waals surface area contributed by atoms with E-state index in [1.807, 2.05) is 6.08 Å². The number of piperazine rings is 1. The third kappa shape index (κ3) is 3.14. The Balaban J connectivity index is 0.00000144. The summed E-state index contributed by atoms with van der Waals surface area (Å²) in [5, 5.41) is 3.13. The molecule has 0 saturated carbocycles. The molecule has 0 bridgehead atoms. The van der Waals surface area contributed by atoms with Crippen molar-refractivity contribution in [3.63, 3.8) is 0 Å². The number of hydrogen-bond acceptors (Lipinski definition) is 4. The Morgan fingerprint density at radius 1 is 1.29 bits per heavy atom. The molecule has 0 unspecified atom stereocenters. The van der Waals surface area contributed by atoms with Gasteiger partial charge in [-0.2, -0.15) is 4.31 Å². The third-order valence-electron chi connectivity index (χ3n) is 2.66. The zero-order valence-corrected chi connectivity index (χ0v) is 11.7. The van der Waals surface area contributed by atoms with Gasteiger partial charge in [-0.1, -0.05) is 24.4 Å². The van der Waals surface area contributed by atoms with E-state index in [2.05, 4.69) is 5.32 Å². The number of allylic oxidation sites excluding steroid dienone is 4. The Morgan fingerprint density at radius 3 is 2.53 bits per heavy atom. The van der Waals surface area contributed by atoms with Crippen molar-refractivity contribution in [3.05, 3.63) is 23.1 Å². The van der Waals surface area contributed by atoms with Crippen LogP contribution in [0.5, 0.6) is 0 Å². The molecule has 7 heteroatoms. The molecule has 0 amide bonds. The number of hydrogen-bond donors (Lipinski definition) is 1. The first-order valence-corrected chi connectivity index (χ1v) is 7.08. The normalized spacial score (nSPS) is 21.9. The lowest BCUT2D eigenvalue weighted by atomic mass is 10.2. The zero-order valence-electron chi connectivity index (χ0n) is 9.26. The van der Waals surface area contributed by atoms with Gasteiger partial charge >= 0.3 is 0 Å². The third-order valence-corrected chi connectivity index (χ3v) is 5.15. The molecule has 0 aromatic heterocycles. The van der Waals surface area contributed by atoms with Crippen molar-refractivity contribution < 1.29 is 8.42 Å². The molecule has 0 spiro atoms. The number of nitrogens with zero attached hydrogens (tertiary/aromatic N) is 1. The lowest BCUT2D eigenvalue weighted by molar-refractivity contribution is 0.364. The van der Waals surface area contributed by atoms with Gasteiger partial charge in [0.05, 0.1) is 4.91 Å². The first-order valence-electron chi connectivity index (χ1n) is 5.23. The maximum Gasteiger partial charge on any atom is 0.244 e. The van der Waals surface area contributed by atoms with Gasteiger partial charge in [0.2, 0.25) is 10.0 Å². The second kappa shape index (κ2) is 6.06. The Morgan fingerprint density at radius 2 is 1.94 bits per heavy atom. The molecule has 2 aliphatic rings. The van der Waals surface area contributed by atoms with Crippen molar-refractivity contribution in [3.8, 4) is 0 Å². The number of nitrogens with one attached hydrogen (secondary N) is 1. The molecular formula is C10H15ClN2O2S2. The predicted molar refractivity (Wildman–Crippen MR) is 75.0 cm³/mol. The summed E-state index contributed by atoms with van der Waals surface area (Å²) >= 11 is 5.10. The summed E-state index contributed by atoms with van der Waals surface area (Å²) < 4.78 is 26.0. The van der Waals surface area contributed by atoms with Gasteiger partial charge < -0.3 is 5.32 Å². The van der Waals surface area contributed by atoms with Crippen molar-refractivity contribution in [2.45, 2.75) is 6.42 Å². The molecule has 1 heterocycles. The van der Waals surface area contributed by atoms with Crippen molar-refractivity contribution in [1.82, 2.24) is 9.62 Å². The van der Waals surface area contributed by atoms with Crippen LogP contribution in [0.2, 0.25) is 0 Å². The Bertz CT molecular complexity index is 451. The number of thiocarbonyl (C=S) groups is 1. The molecule has 0 radical (unpaired) electrons. The molecule has 0 atom stereocenters. The van der Waals surface area contributed by atoms with Gasteiger partial charge in [0.15, 0.2) is 0 Å². The molecule has 0 aromatic rings. The van der Waals surface area contributed by atoms with E-state index >= 15 is 0 Å². The summed E-state index contributed by atoms with van der Waals surface area (Å²) in [6.07, 6.45) is 5.78. The zero-order chi connectivity index (χ0) is 11.6. The Kier molecular flexibility index (Phi) is 5.27. The molecule has 0 aromatic carbocycles. The summed E-state index contributed by atoms with van der Waals surface area (Å²) in [7, 11) is -3.37. The smallest absolute Gasteiger partial charge is 0.244 e. The molecule has 96 valence electrons. The second-order valence-corrected chi connectivity index (χ2v) is 6.14. The standard InChI is InChI=1S/C10H14N2O2S2.ClH/c13-16(14,12-7-5-11-6-8-12)10-4-2-1-3-9(10)15;/h1-2,4,11H,3,5-8H2;1H. The van der Waals surface area contributed by atoms with Crippen LogP contribution < -0.4 is 5.32 Å². The van der Waals surface area contributed by atoms with Gasteiger partial charge in [-0.15, -0.1) is 12.4 Å². The summed E-state index contributed by atoms with van der Waals surface area (Å²) in [5.41, 5.74) is 0. The summed E-state index contributed by atoms with van der Waals surface area (Å²) in [6, 6.07) is 0. The number of rotatable bonds is 2. The highest BCUT2D eigenvalue weighted by Gasteiger charge is 2.30. The van der Waals surface area contributed by atoms with E-state index in [0.717, 1.165) is 0 Å². The van der Waals surface area contributed by atoms with Crippen LogP contribution in [-0.2, 0) is 10.0 Å². The van der Waals surface area contributed by atoms with Crippen LogP contribution >= 0.6 is 24.6 Å². The molecule has 1 saturated heterocycles. The molecule has 1 N–H and O–H groups in total. The van der Waals surface area contributed by atoms with E-state index in [-0.39, 0.29) is 12.4 Å². The first-order chi connectivity index (χ1) is 7.62. The highest BCUT2D eigenvalue weighted by atomic mass is 35.5. The molecule has 17 heavy (non-hydrogen) atoms. The van der Waals surface area contributed by atoms with E-state index in [0.29, 0.717) is 42.4 Å². The van der Waals surface area contributed by atoms with Gasteiger partial charge in [-0.3, -0.25) is 0 Å². The van der Waals surface area contributed by atoms with Crippen molar-refractivity contribution >= 4 is 39.5 Å². The van der Waals surface area contributed by atoms with Gasteiger partial charge in [0.1, 0.15) is 0 Å². The van der Waals surface area contributed by atoms with E-state index in [1.54, 1.807) is 12.2 Å². The number of sulfonamides is 1. The van der Waals surface area contributed by atoms with E-state index < -0.39 is 10.0 Å².